The third kappa shape index (κ3) is 4.08. The molecule has 29 heavy (non-hydrogen) atoms. The van der Waals surface area contributed by atoms with Gasteiger partial charge in [-0.15, -0.1) is 5.10 Å². The van der Waals surface area contributed by atoms with E-state index in [-0.39, 0.29) is 12.5 Å². The highest BCUT2D eigenvalue weighted by molar-refractivity contribution is 5.90. The molecule has 1 aliphatic rings. The summed E-state index contributed by atoms with van der Waals surface area (Å²) in [6.45, 7) is 3.93. The monoisotopic (exact) mass is 396 g/mol. The smallest absolute Gasteiger partial charge is 0.352 e. The second-order valence-electron chi connectivity index (χ2n) is 7.37. The van der Waals surface area contributed by atoms with E-state index in [1.165, 1.54) is 10.8 Å². The molecule has 0 aliphatic carbocycles. The third-order valence-corrected chi connectivity index (χ3v) is 5.09. The predicted octanol–water partition coefficient (Wildman–Crippen LogP) is 1.77. The second-order valence-corrected chi connectivity index (χ2v) is 7.37. The van der Waals surface area contributed by atoms with Gasteiger partial charge in [0, 0.05) is 25.0 Å². The number of ether oxygens (including phenoxy) is 1. The Morgan fingerprint density at radius 2 is 2.07 bits per heavy atom. The minimum atomic E-state index is -0.393. The molecule has 1 N–H and O–H groups in total. The first-order chi connectivity index (χ1) is 14.0. The van der Waals surface area contributed by atoms with E-state index < -0.39 is 5.69 Å². The van der Waals surface area contributed by atoms with Gasteiger partial charge in [-0.3, -0.25) is 4.79 Å². The Hall–Kier alpha value is -3.36. The SMILES string of the molecule is COc1ccc(NC(=O)Cn2nc3nc(N4CCC[C@H](C)C4)ccn3c2=O)cc1. The molecule has 2 aromatic heterocycles. The first-order valence-electron chi connectivity index (χ1n) is 9.68. The van der Waals surface area contributed by atoms with Gasteiger partial charge in [0.2, 0.25) is 5.91 Å². The molecule has 9 nitrogen and oxygen atoms in total. The number of carbonyl (C=O) groups is 1. The normalized spacial score (nSPS) is 16.8. The molecule has 152 valence electrons. The Kier molecular flexibility index (Phi) is 5.20. The predicted molar refractivity (Wildman–Crippen MR) is 109 cm³/mol. The maximum absolute atomic E-state index is 12.6. The number of aromatic nitrogens is 4. The fraction of sp³-hybridized carbons (Fsp3) is 0.400. The quantitative estimate of drug-likeness (QED) is 0.707. The molecule has 9 heteroatoms. The summed E-state index contributed by atoms with van der Waals surface area (Å²) in [5.41, 5.74) is 0.225. The van der Waals surface area contributed by atoms with Crippen molar-refractivity contribution in [2.75, 3.05) is 30.4 Å². The molecule has 1 atom stereocenters. The van der Waals surface area contributed by atoms with Gasteiger partial charge in [0.1, 0.15) is 18.1 Å². The number of piperidine rings is 1. The fourth-order valence-electron chi connectivity index (χ4n) is 3.58. The number of fused-ring (bicyclic) bond motifs is 1. The number of hydrogen-bond donors (Lipinski definition) is 1. The molecule has 1 aromatic carbocycles. The van der Waals surface area contributed by atoms with Gasteiger partial charge >= 0.3 is 5.69 Å². The molecule has 0 bridgehead atoms. The molecule has 1 aliphatic heterocycles. The minimum absolute atomic E-state index is 0.190. The molecule has 3 heterocycles. The van der Waals surface area contributed by atoms with E-state index >= 15 is 0 Å². The highest BCUT2D eigenvalue weighted by Gasteiger charge is 2.19. The van der Waals surface area contributed by atoms with Gasteiger partial charge in [0.05, 0.1) is 7.11 Å². The average Bonchev–Trinajstić information content (AvgIpc) is 3.03. The summed E-state index contributed by atoms with van der Waals surface area (Å²) >= 11 is 0. The van der Waals surface area contributed by atoms with Gasteiger partial charge in [-0.1, -0.05) is 6.92 Å². The van der Waals surface area contributed by atoms with Crippen molar-refractivity contribution in [3.63, 3.8) is 0 Å². The Morgan fingerprint density at radius 1 is 1.28 bits per heavy atom. The van der Waals surface area contributed by atoms with E-state index in [4.69, 9.17) is 4.74 Å². The average molecular weight is 396 g/mol. The van der Waals surface area contributed by atoms with Crippen LogP contribution in [0.1, 0.15) is 19.8 Å². The van der Waals surface area contributed by atoms with E-state index in [0.29, 0.717) is 23.1 Å². The minimum Gasteiger partial charge on any atom is -0.497 e. The van der Waals surface area contributed by atoms with Crippen LogP contribution in [-0.4, -0.2) is 45.3 Å². The van der Waals surface area contributed by atoms with Crippen LogP contribution in [0, 0.1) is 5.92 Å². The van der Waals surface area contributed by atoms with Crippen molar-refractivity contribution in [2.24, 2.45) is 5.92 Å². The van der Waals surface area contributed by atoms with Crippen LogP contribution < -0.4 is 20.6 Å². The number of nitrogens with one attached hydrogen (secondary N) is 1. The number of anilines is 2. The second kappa shape index (κ2) is 7.94. The number of hydrogen-bond acceptors (Lipinski definition) is 6. The topological polar surface area (TPSA) is 93.8 Å². The van der Waals surface area contributed by atoms with Crippen LogP contribution in [0.4, 0.5) is 11.5 Å². The van der Waals surface area contributed by atoms with Gasteiger partial charge in [0.25, 0.3) is 5.78 Å². The first kappa shape index (κ1) is 19.0. The third-order valence-electron chi connectivity index (χ3n) is 5.09. The van der Waals surface area contributed by atoms with Crippen molar-refractivity contribution in [3.8, 4) is 5.75 Å². The lowest BCUT2D eigenvalue weighted by molar-refractivity contribution is -0.117. The van der Waals surface area contributed by atoms with Crippen molar-refractivity contribution in [2.45, 2.75) is 26.3 Å². The molecule has 0 spiro atoms. The van der Waals surface area contributed by atoms with Gasteiger partial charge in [0.15, 0.2) is 0 Å². The van der Waals surface area contributed by atoms with Crippen LogP contribution in [0.25, 0.3) is 5.78 Å². The van der Waals surface area contributed by atoms with Gasteiger partial charge in [-0.2, -0.15) is 4.98 Å². The molecule has 1 fully saturated rings. The molecular formula is C20H24N6O3. The summed E-state index contributed by atoms with van der Waals surface area (Å²) in [7, 11) is 1.58. The zero-order chi connectivity index (χ0) is 20.4. The van der Waals surface area contributed by atoms with Crippen molar-refractivity contribution >= 4 is 23.2 Å². The molecule has 0 radical (unpaired) electrons. The standard InChI is InChI=1S/C20H24N6O3/c1-14-4-3-10-24(12-14)17-9-11-25-19(22-17)23-26(20(25)28)13-18(27)21-15-5-7-16(29-2)8-6-15/h5-9,11,14H,3-4,10,12-13H2,1-2H3,(H,21,27)/t14-/m0/s1. The Bertz CT molecular complexity index is 1070. The number of carbonyl (C=O) groups excluding carboxylic acids is 1. The largest absolute Gasteiger partial charge is 0.497 e. The maximum atomic E-state index is 12.6. The summed E-state index contributed by atoms with van der Waals surface area (Å²) in [5.74, 6) is 2.07. The molecule has 1 amide bonds. The van der Waals surface area contributed by atoms with Crippen LogP contribution in [0.5, 0.6) is 5.75 Å². The van der Waals surface area contributed by atoms with Crippen LogP contribution in [0.15, 0.2) is 41.3 Å². The van der Waals surface area contributed by atoms with Crippen LogP contribution in [0.2, 0.25) is 0 Å². The van der Waals surface area contributed by atoms with E-state index in [2.05, 4.69) is 27.2 Å². The van der Waals surface area contributed by atoms with Crippen LogP contribution >= 0.6 is 0 Å². The number of amides is 1. The molecule has 1 saturated heterocycles. The van der Waals surface area contributed by atoms with Crippen LogP contribution in [0.3, 0.4) is 0 Å². The number of methoxy groups -OCH3 is 1. The lowest BCUT2D eigenvalue weighted by atomic mass is 10.0. The molecule has 0 unspecified atom stereocenters. The number of nitrogens with zero attached hydrogens (tertiary/aromatic N) is 5. The lowest BCUT2D eigenvalue weighted by Crippen LogP contribution is -2.34. The molecular weight excluding hydrogens is 372 g/mol. The summed E-state index contributed by atoms with van der Waals surface area (Å²) in [6, 6.07) is 8.79. The van der Waals surface area contributed by atoms with Gasteiger partial charge < -0.3 is 15.0 Å². The van der Waals surface area contributed by atoms with Crippen molar-refractivity contribution in [1.29, 1.82) is 0 Å². The summed E-state index contributed by atoms with van der Waals surface area (Å²) in [4.78, 5) is 31.6. The van der Waals surface area contributed by atoms with Crippen molar-refractivity contribution in [1.82, 2.24) is 19.2 Å². The summed E-state index contributed by atoms with van der Waals surface area (Å²) in [5, 5.41) is 6.99. The van der Waals surface area contributed by atoms with Crippen LogP contribution in [-0.2, 0) is 11.3 Å². The van der Waals surface area contributed by atoms with Gasteiger partial charge in [-0.05, 0) is 49.1 Å². The number of rotatable bonds is 5. The highest BCUT2D eigenvalue weighted by atomic mass is 16.5. The Labute approximate surface area is 167 Å². The lowest BCUT2D eigenvalue weighted by Gasteiger charge is -2.31. The first-order valence-corrected chi connectivity index (χ1v) is 9.68. The maximum Gasteiger partial charge on any atom is 0.352 e. The summed E-state index contributed by atoms with van der Waals surface area (Å²) in [6.07, 6.45) is 4.01. The zero-order valence-corrected chi connectivity index (χ0v) is 16.5. The number of benzene rings is 1. The Balaban J connectivity index is 1.50. The Morgan fingerprint density at radius 3 is 2.79 bits per heavy atom. The molecule has 0 saturated carbocycles. The summed E-state index contributed by atoms with van der Waals surface area (Å²) < 4.78 is 7.58. The van der Waals surface area contributed by atoms with Gasteiger partial charge in [-0.25, -0.2) is 13.9 Å². The highest BCUT2D eigenvalue weighted by Crippen LogP contribution is 2.21. The van der Waals surface area contributed by atoms with E-state index in [0.717, 1.165) is 30.0 Å². The zero-order valence-electron chi connectivity index (χ0n) is 16.5. The molecule has 4 rings (SSSR count). The van der Waals surface area contributed by atoms with E-state index in [1.807, 2.05) is 6.07 Å². The van der Waals surface area contributed by atoms with E-state index in [1.54, 1.807) is 37.6 Å². The van der Waals surface area contributed by atoms with Crippen molar-refractivity contribution < 1.29 is 9.53 Å². The fourth-order valence-corrected chi connectivity index (χ4v) is 3.58. The van der Waals surface area contributed by atoms with E-state index in [9.17, 15) is 9.59 Å². The van der Waals surface area contributed by atoms with Crippen molar-refractivity contribution in [3.05, 3.63) is 47.0 Å². The molecule has 3 aromatic rings.